The van der Waals surface area contributed by atoms with E-state index >= 15 is 0 Å². The number of hydrogen-bond acceptors (Lipinski definition) is 6. The first-order chi connectivity index (χ1) is 9.45. The fourth-order valence-electron chi connectivity index (χ4n) is 1.72. The fraction of sp³-hybridized carbons (Fsp3) is 0.273. The van der Waals surface area contributed by atoms with Gasteiger partial charge in [-0.3, -0.25) is 4.72 Å². The number of nitrogens with two attached hydrogens (primary N) is 1. The van der Waals surface area contributed by atoms with Gasteiger partial charge < -0.3 is 5.73 Å². The highest BCUT2D eigenvalue weighted by molar-refractivity contribution is 9.10. The van der Waals surface area contributed by atoms with Crippen LogP contribution in [0.1, 0.15) is 24.5 Å². The van der Waals surface area contributed by atoms with E-state index < -0.39 is 10.0 Å². The molecule has 0 atom stereocenters. The van der Waals surface area contributed by atoms with Crippen molar-refractivity contribution in [1.29, 1.82) is 0 Å². The summed E-state index contributed by atoms with van der Waals surface area (Å²) in [6, 6.07) is 1.42. The molecule has 3 rings (SSSR count). The summed E-state index contributed by atoms with van der Waals surface area (Å²) in [4.78, 5) is 8.05. The van der Waals surface area contributed by atoms with E-state index in [0.29, 0.717) is 15.5 Å². The number of pyridine rings is 1. The molecule has 0 aromatic carbocycles. The van der Waals surface area contributed by atoms with Crippen LogP contribution in [0.5, 0.6) is 0 Å². The molecule has 2 aromatic heterocycles. The highest BCUT2D eigenvalue weighted by atomic mass is 79.9. The number of halogens is 1. The van der Waals surface area contributed by atoms with Gasteiger partial charge in [0.1, 0.15) is 10.7 Å². The minimum Gasteiger partial charge on any atom is -0.383 e. The van der Waals surface area contributed by atoms with Crippen LogP contribution in [0.25, 0.3) is 0 Å². The van der Waals surface area contributed by atoms with Gasteiger partial charge in [-0.15, -0.1) is 11.3 Å². The first kappa shape index (κ1) is 13.8. The lowest BCUT2D eigenvalue weighted by atomic mass is 10.3. The number of nitrogens with one attached hydrogen (secondary N) is 1. The van der Waals surface area contributed by atoms with Gasteiger partial charge >= 0.3 is 0 Å². The molecule has 0 radical (unpaired) electrons. The van der Waals surface area contributed by atoms with Crippen LogP contribution in [0.3, 0.4) is 0 Å². The van der Waals surface area contributed by atoms with Crippen molar-refractivity contribution in [3.63, 3.8) is 0 Å². The van der Waals surface area contributed by atoms with Crippen molar-refractivity contribution in [3.8, 4) is 0 Å². The Morgan fingerprint density at radius 3 is 2.90 bits per heavy atom. The average molecular weight is 375 g/mol. The molecule has 1 fully saturated rings. The summed E-state index contributed by atoms with van der Waals surface area (Å²) >= 11 is 4.46. The number of sulfonamides is 1. The van der Waals surface area contributed by atoms with Crippen molar-refractivity contribution in [2.45, 2.75) is 23.7 Å². The Kier molecular flexibility index (Phi) is 3.43. The summed E-state index contributed by atoms with van der Waals surface area (Å²) in [6.45, 7) is 0. The lowest BCUT2D eigenvalue weighted by Crippen LogP contribution is -2.15. The van der Waals surface area contributed by atoms with Gasteiger partial charge in [0.25, 0.3) is 10.0 Å². The molecule has 3 N–H and O–H groups in total. The van der Waals surface area contributed by atoms with E-state index in [1.165, 1.54) is 23.6 Å². The van der Waals surface area contributed by atoms with Gasteiger partial charge in [-0.2, -0.15) is 0 Å². The number of hydrogen-bond donors (Lipinski definition) is 2. The zero-order valence-corrected chi connectivity index (χ0v) is 13.4. The van der Waals surface area contributed by atoms with Gasteiger partial charge in [-0.1, -0.05) is 0 Å². The third-order valence-electron chi connectivity index (χ3n) is 2.88. The van der Waals surface area contributed by atoms with Crippen LogP contribution in [0.4, 0.5) is 10.9 Å². The Labute approximate surface area is 128 Å². The summed E-state index contributed by atoms with van der Waals surface area (Å²) in [5.74, 6) is 0.446. The number of rotatable bonds is 4. The standard InChI is InChI=1S/C11H11BrN4O2S2/c12-7-3-9(10(13)14-4-7)20(17,18)16-11-15-8(5-19-11)6-1-2-6/h3-6H,1-2H2,(H2,13,14)(H,15,16). The fourth-order valence-corrected chi connectivity index (χ4v) is 4.35. The van der Waals surface area contributed by atoms with Crippen LogP contribution in [0.2, 0.25) is 0 Å². The van der Waals surface area contributed by atoms with Crippen LogP contribution in [0, 0.1) is 0 Å². The van der Waals surface area contributed by atoms with E-state index in [9.17, 15) is 8.42 Å². The second-order valence-corrected chi connectivity index (χ2v) is 7.92. The summed E-state index contributed by atoms with van der Waals surface area (Å²) in [6.07, 6.45) is 3.69. The molecule has 106 valence electrons. The molecule has 1 aliphatic carbocycles. The second kappa shape index (κ2) is 4.97. The van der Waals surface area contributed by atoms with E-state index in [0.717, 1.165) is 18.5 Å². The Balaban J connectivity index is 1.89. The van der Waals surface area contributed by atoms with Crippen molar-refractivity contribution in [2.24, 2.45) is 0 Å². The Morgan fingerprint density at radius 2 is 2.20 bits per heavy atom. The molecule has 6 nitrogen and oxygen atoms in total. The topological polar surface area (TPSA) is 98.0 Å². The third kappa shape index (κ3) is 2.79. The number of anilines is 2. The van der Waals surface area contributed by atoms with Gasteiger partial charge in [-0.25, -0.2) is 18.4 Å². The van der Waals surface area contributed by atoms with Gasteiger partial charge in [-0.05, 0) is 34.8 Å². The molecule has 20 heavy (non-hydrogen) atoms. The number of aromatic nitrogens is 2. The zero-order chi connectivity index (χ0) is 14.3. The number of nitrogens with zero attached hydrogens (tertiary/aromatic N) is 2. The summed E-state index contributed by atoms with van der Waals surface area (Å²) in [5, 5.41) is 2.24. The lowest BCUT2D eigenvalue weighted by molar-refractivity contribution is 0.601. The van der Waals surface area contributed by atoms with E-state index in [-0.39, 0.29) is 10.7 Å². The molecule has 0 bridgehead atoms. The van der Waals surface area contributed by atoms with E-state index in [1.54, 1.807) is 0 Å². The number of nitrogen functional groups attached to an aromatic ring is 1. The van der Waals surface area contributed by atoms with Crippen molar-refractivity contribution in [2.75, 3.05) is 10.5 Å². The van der Waals surface area contributed by atoms with E-state index in [2.05, 4.69) is 30.6 Å². The van der Waals surface area contributed by atoms with Crippen LogP contribution >= 0.6 is 27.3 Å². The van der Waals surface area contributed by atoms with Crippen LogP contribution in [0.15, 0.2) is 27.0 Å². The second-order valence-electron chi connectivity index (χ2n) is 4.49. The third-order valence-corrected chi connectivity index (χ3v) is 5.58. The maximum Gasteiger partial charge on any atom is 0.267 e. The highest BCUT2D eigenvalue weighted by Gasteiger charge is 2.27. The molecule has 0 unspecified atom stereocenters. The van der Waals surface area contributed by atoms with Gasteiger partial charge in [0.15, 0.2) is 5.13 Å². The molecule has 2 heterocycles. The van der Waals surface area contributed by atoms with Crippen molar-refractivity contribution in [3.05, 3.63) is 27.8 Å². The first-order valence-corrected chi connectivity index (χ1v) is 9.00. The minimum atomic E-state index is -3.78. The molecule has 0 saturated heterocycles. The number of thiazole rings is 1. The predicted molar refractivity (Wildman–Crippen MR) is 81.2 cm³/mol. The molecule has 0 spiro atoms. The predicted octanol–water partition coefficient (Wildman–Crippen LogP) is 2.56. The van der Waals surface area contributed by atoms with Gasteiger partial charge in [0, 0.05) is 22.0 Å². The maximum atomic E-state index is 12.3. The SMILES string of the molecule is Nc1ncc(Br)cc1S(=O)(=O)Nc1nc(C2CC2)cs1. The highest BCUT2D eigenvalue weighted by Crippen LogP contribution is 2.41. The molecule has 0 amide bonds. The quantitative estimate of drug-likeness (QED) is 0.856. The lowest BCUT2D eigenvalue weighted by Gasteiger charge is -2.07. The average Bonchev–Trinajstić information content (AvgIpc) is 3.13. The Hall–Kier alpha value is -1.19. The largest absolute Gasteiger partial charge is 0.383 e. The van der Waals surface area contributed by atoms with Gasteiger partial charge in [0.05, 0.1) is 5.69 Å². The summed E-state index contributed by atoms with van der Waals surface area (Å²) in [5.41, 5.74) is 6.58. The molecular formula is C11H11BrN4O2S2. The Morgan fingerprint density at radius 1 is 1.45 bits per heavy atom. The molecule has 0 aliphatic heterocycles. The van der Waals surface area contributed by atoms with E-state index in [4.69, 9.17) is 5.73 Å². The van der Waals surface area contributed by atoms with Crippen molar-refractivity contribution < 1.29 is 8.42 Å². The Bertz CT molecular complexity index is 756. The first-order valence-electron chi connectivity index (χ1n) is 5.85. The zero-order valence-electron chi connectivity index (χ0n) is 10.2. The monoisotopic (exact) mass is 374 g/mol. The van der Waals surface area contributed by atoms with Crippen LogP contribution in [-0.2, 0) is 10.0 Å². The van der Waals surface area contributed by atoms with Crippen molar-refractivity contribution in [1.82, 2.24) is 9.97 Å². The molecule has 9 heteroatoms. The van der Waals surface area contributed by atoms with Crippen LogP contribution < -0.4 is 10.5 Å². The normalized spacial score (nSPS) is 15.2. The summed E-state index contributed by atoms with van der Waals surface area (Å²) in [7, 11) is -3.78. The summed E-state index contributed by atoms with van der Waals surface area (Å²) < 4.78 is 27.6. The smallest absolute Gasteiger partial charge is 0.267 e. The molecule has 2 aromatic rings. The minimum absolute atomic E-state index is 0.0420. The maximum absolute atomic E-state index is 12.3. The van der Waals surface area contributed by atoms with Gasteiger partial charge in [0.2, 0.25) is 0 Å². The molecule has 1 aliphatic rings. The van der Waals surface area contributed by atoms with Crippen molar-refractivity contribution >= 4 is 48.2 Å². The van der Waals surface area contributed by atoms with E-state index in [1.807, 2.05) is 5.38 Å². The molecule has 1 saturated carbocycles. The molecular weight excluding hydrogens is 364 g/mol. The van der Waals surface area contributed by atoms with Crippen LogP contribution in [-0.4, -0.2) is 18.4 Å².